The fraction of sp³-hybridized carbons (Fsp3) is 0.786. The Morgan fingerprint density at radius 1 is 1.39 bits per heavy atom. The van der Waals surface area contributed by atoms with Crippen LogP contribution in [0.4, 0.5) is 0 Å². The van der Waals surface area contributed by atoms with Crippen LogP contribution in [0.5, 0.6) is 0 Å². The van der Waals surface area contributed by atoms with Gasteiger partial charge in [0, 0.05) is 0 Å². The number of halogens is 1. The average molecular weight is 271 g/mol. The van der Waals surface area contributed by atoms with Crippen LogP contribution in [-0.4, -0.2) is 21.0 Å². The lowest BCUT2D eigenvalue weighted by molar-refractivity contribution is 0.0247. The highest BCUT2D eigenvalue weighted by atomic mass is 35.5. The molecule has 1 aromatic rings. The normalized spacial score (nSPS) is 29.6. The Morgan fingerprint density at radius 3 is 2.56 bits per heavy atom. The predicted octanol–water partition coefficient (Wildman–Crippen LogP) is 3.59. The number of rotatable bonds is 1. The van der Waals surface area contributed by atoms with Gasteiger partial charge in [0.2, 0.25) is 0 Å². The highest BCUT2D eigenvalue weighted by Gasteiger charge is 2.38. The van der Waals surface area contributed by atoms with Gasteiger partial charge in [-0.15, -0.1) is 0 Å². The number of hydrogen-bond donors (Lipinski definition) is 1. The molecule has 0 saturated heterocycles. The summed E-state index contributed by atoms with van der Waals surface area (Å²) in [6.07, 6.45) is 4.22. The van der Waals surface area contributed by atoms with Gasteiger partial charge in [-0.2, -0.15) is 5.10 Å². The van der Waals surface area contributed by atoms with Gasteiger partial charge in [-0.3, -0.25) is 4.68 Å². The number of nitrogens with zero attached hydrogens (tertiary/aromatic N) is 2. The van der Waals surface area contributed by atoms with Gasteiger partial charge >= 0.3 is 0 Å². The molecule has 4 heteroatoms. The van der Waals surface area contributed by atoms with Crippen LogP contribution < -0.4 is 0 Å². The molecule has 3 unspecified atom stereocenters. The van der Waals surface area contributed by atoms with Crippen LogP contribution in [0, 0.1) is 18.3 Å². The van der Waals surface area contributed by atoms with Crippen molar-refractivity contribution < 1.29 is 5.11 Å². The highest BCUT2D eigenvalue weighted by molar-refractivity contribution is 6.31. The zero-order valence-corrected chi connectivity index (χ0v) is 12.4. The largest absolute Gasteiger partial charge is 0.393 e. The molecule has 0 radical (unpaired) electrons. The molecule has 102 valence electrons. The molecule has 3 atom stereocenters. The maximum absolute atomic E-state index is 9.95. The molecule has 0 aromatic carbocycles. The molecule has 3 nitrogen and oxygen atoms in total. The van der Waals surface area contributed by atoms with E-state index < -0.39 is 0 Å². The fourth-order valence-electron chi connectivity index (χ4n) is 3.14. The van der Waals surface area contributed by atoms with Crippen molar-refractivity contribution in [1.29, 1.82) is 0 Å². The van der Waals surface area contributed by atoms with Crippen LogP contribution in [0.2, 0.25) is 5.02 Å². The lowest BCUT2D eigenvalue weighted by Gasteiger charge is -2.42. The van der Waals surface area contributed by atoms with Crippen LogP contribution in [0.15, 0.2) is 6.20 Å². The third-order valence-electron chi connectivity index (χ3n) is 4.20. The van der Waals surface area contributed by atoms with Crippen LogP contribution in [0.1, 0.15) is 51.8 Å². The first kappa shape index (κ1) is 13.9. The molecule has 1 saturated carbocycles. The minimum Gasteiger partial charge on any atom is -0.393 e. The second kappa shape index (κ2) is 4.86. The topological polar surface area (TPSA) is 38.0 Å². The van der Waals surface area contributed by atoms with Gasteiger partial charge in [0.05, 0.1) is 29.1 Å². The zero-order chi connectivity index (χ0) is 13.5. The maximum atomic E-state index is 9.95. The van der Waals surface area contributed by atoms with Crippen molar-refractivity contribution in [3.8, 4) is 0 Å². The molecule has 18 heavy (non-hydrogen) atoms. The molecule has 1 aliphatic carbocycles. The molecule has 1 aromatic heterocycles. The fourth-order valence-corrected chi connectivity index (χ4v) is 3.27. The van der Waals surface area contributed by atoms with Crippen LogP contribution >= 0.6 is 11.6 Å². The lowest BCUT2D eigenvalue weighted by atomic mass is 9.69. The van der Waals surface area contributed by atoms with E-state index in [4.69, 9.17) is 11.6 Å². The quantitative estimate of drug-likeness (QED) is 0.847. The Balaban J connectivity index is 2.34. The summed E-state index contributed by atoms with van der Waals surface area (Å²) in [5.41, 5.74) is 1.22. The first-order chi connectivity index (χ1) is 8.30. The smallest absolute Gasteiger partial charge is 0.0815 e. The molecule has 0 bridgehead atoms. The standard InChI is InChI=1S/C14H23ClN2O/c1-9-12(15)8-16-17(9)13-7-10(18)5-6-11(13)14(2,3)4/h8,10-11,13,18H,5-7H2,1-4H3. The molecule has 2 rings (SSSR count). The Morgan fingerprint density at radius 2 is 2.06 bits per heavy atom. The summed E-state index contributed by atoms with van der Waals surface area (Å²) in [5, 5.41) is 15.1. The molecule has 0 spiro atoms. The van der Waals surface area contributed by atoms with E-state index in [0.717, 1.165) is 25.0 Å². The summed E-state index contributed by atoms with van der Waals surface area (Å²) in [6.45, 7) is 8.80. The highest BCUT2D eigenvalue weighted by Crippen LogP contribution is 2.44. The average Bonchev–Trinajstić information content (AvgIpc) is 2.58. The van der Waals surface area contributed by atoms with E-state index in [9.17, 15) is 5.11 Å². The van der Waals surface area contributed by atoms with Crippen molar-refractivity contribution in [2.24, 2.45) is 11.3 Å². The van der Waals surface area contributed by atoms with Crippen molar-refractivity contribution >= 4 is 11.6 Å². The van der Waals surface area contributed by atoms with Crippen molar-refractivity contribution in [2.75, 3.05) is 0 Å². The van der Waals surface area contributed by atoms with Gasteiger partial charge in [0.25, 0.3) is 0 Å². The van der Waals surface area contributed by atoms with E-state index in [0.29, 0.717) is 10.9 Å². The third kappa shape index (κ3) is 2.57. The summed E-state index contributed by atoms with van der Waals surface area (Å²) in [7, 11) is 0. The Bertz CT molecular complexity index is 422. The summed E-state index contributed by atoms with van der Waals surface area (Å²) in [4.78, 5) is 0. The van der Waals surface area contributed by atoms with Crippen LogP contribution in [-0.2, 0) is 0 Å². The molecule has 0 amide bonds. The van der Waals surface area contributed by atoms with E-state index in [1.54, 1.807) is 6.20 Å². The van der Waals surface area contributed by atoms with Crippen LogP contribution in [0.25, 0.3) is 0 Å². The predicted molar refractivity (Wildman–Crippen MR) is 73.8 cm³/mol. The van der Waals surface area contributed by atoms with Crippen molar-refractivity contribution in [1.82, 2.24) is 9.78 Å². The monoisotopic (exact) mass is 270 g/mol. The molecule has 1 fully saturated rings. The number of aliphatic hydroxyl groups is 1. The number of aromatic nitrogens is 2. The number of hydrogen-bond acceptors (Lipinski definition) is 2. The van der Waals surface area contributed by atoms with E-state index in [1.807, 2.05) is 11.6 Å². The summed E-state index contributed by atoms with van der Waals surface area (Å²) < 4.78 is 2.01. The minimum atomic E-state index is -0.212. The second-order valence-electron chi connectivity index (χ2n) is 6.53. The zero-order valence-electron chi connectivity index (χ0n) is 11.7. The summed E-state index contributed by atoms with van der Waals surface area (Å²) in [6, 6.07) is 0.251. The Hall–Kier alpha value is -0.540. The van der Waals surface area contributed by atoms with Gasteiger partial charge in [-0.1, -0.05) is 32.4 Å². The number of aliphatic hydroxyl groups excluding tert-OH is 1. The first-order valence-electron chi connectivity index (χ1n) is 6.68. The maximum Gasteiger partial charge on any atom is 0.0815 e. The molecule has 1 heterocycles. The molecule has 1 aliphatic rings. The minimum absolute atomic E-state index is 0.212. The lowest BCUT2D eigenvalue weighted by Crippen LogP contribution is -2.38. The Kier molecular flexibility index (Phi) is 3.75. The molecule has 0 aliphatic heterocycles. The van der Waals surface area contributed by atoms with Crippen molar-refractivity contribution in [3.63, 3.8) is 0 Å². The van der Waals surface area contributed by atoms with Crippen LogP contribution in [0.3, 0.4) is 0 Å². The van der Waals surface area contributed by atoms with E-state index in [-0.39, 0.29) is 17.6 Å². The van der Waals surface area contributed by atoms with Gasteiger partial charge in [-0.05, 0) is 37.5 Å². The summed E-state index contributed by atoms with van der Waals surface area (Å²) >= 11 is 6.10. The Labute approximate surface area is 114 Å². The van der Waals surface area contributed by atoms with Crippen molar-refractivity contribution in [2.45, 2.75) is 59.1 Å². The summed E-state index contributed by atoms with van der Waals surface area (Å²) in [5.74, 6) is 0.524. The van der Waals surface area contributed by atoms with Gasteiger partial charge in [0.15, 0.2) is 0 Å². The second-order valence-corrected chi connectivity index (χ2v) is 6.94. The molecular weight excluding hydrogens is 248 g/mol. The van der Waals surface area contributed by atoms with E-state index >= 15 is 0 Å². The van der Waals surface area contributed by atoms with Gasteiger partial charge in [0.1, 0.15) is 0 Å². The molecular formula is C14H23ClN2O. The first-order valence-corrected chi connectivity index (χ1v) is 7.06. The molecule has 1 N–H and O–H groups in total. The van der Waals surface area contributed by atoms with Gasteiger partial charge in [-0.25, -0.2) is 0 Å². The van der Waals surface area contributed by atoms with E-state index in [2.05, 4.69) is 25.9 Å². The van der Waals surface area contributed by atoms with Gasteiger partial charge < -0.3 is 5.11 Å². The SMILES string of the molecule is Cc1c(Cl)cnn1C1CC(O)CCC1C(C)(C)C. The van der Waals surface area contributed by atoms with E-state index in [1.165, 1.54) is 0 Å². The van der Waals surface area contributed by atoms with Crippen molar-refractivity contribution in [3.05, 3.63) is 16.9 Å². The third-order valence-corrected chi connectivity index (χ3v) is 4.57.